The summed E-state index contributed by atoms with van der Waals surface area (Å²) in [6.45, 7) is 3.48. The maximum absolute atomic E-state index is 12.2. The highest BCUT2D eigenvalue weighted by atomic mass is 32.1. The van der Waals surface area contributed by atoms with Crippen LogP contribution in [0, 0.1) is 11.8 Å². The third-order valence-corrected chi connectivity index (χ3v) is 5.59. The van der Waals surface area contributed by atoms with E-state index in [0.29, 0.717) is 24.1 Å². The zero-order chi connectivity index (χ0) is 14.8. The van der Waals surface area contributed by atoms with Crippen molar-refractivity contribution >= 4 is 23.1 Å². The lowest BCUT2D eigenvalue weighted by Gasteiger charge is -2.62. The van der Waals surface area contributed by atoms with Gasteiger partial charge in [0.05, 0.1) is 17.1 Å². The zero-order valence-corrected chi connectivity index (χ0v) is 12.8. The second-order valence-corrected chi connectivity index (χ2v) is 8.04. The van der Waals surface area contributed by atoms with Gasteiger partial charge in [0.15, 0.2) is 0 Å². The predicted molar refractivity (Wildman–Crippen MR) is 77.4 cm³/mol. The van der Waals surface area contributed by atoms with E-state index < -0.39 is 22.7 Å². The molecule has 0 amide bonds. The van der Waals surface area contributed by atoms with E-state index in [1.54, 1.807) is 13.8 Å². The second-order valence-electron chi connectivity index (χ2n) is 7.39. The Morgan fingerprint density at radius 2 is 1.75 bits per heavy atom. The summed E-state index contributed by atoms with van der Waals surface area (Å²) in [5, 5.41) is 21.2. The molecule has 4 fully saturated rings. The van der Waals surface area contributed by atoms with Crippen molar-refractivity contribution in [2.24, 2.45) is 11.8 Å². The SMILES string of the molecule is CC(=S)C(C)C(=O)OC12CC3CC(O)(CC(O)(C3)C1)C2. The third-order valence-electron chi connectivity index (χ3n) is 5.24. The van der Waals surface area contributed by atoms with Crippen molar-refractivity contribution in [2.45, 2.75) is 69.2 Å². The summed E-state index contributed by atoms with van der Waals surface area (Å²) in [6, 6.07) is 0. The predicted octanol–water partition coefficient (Wildman–Crippen LogP) is 1.75. The van der Waals surface area contributed by atoms with Gasteiger partial charge in [-0.2, -0.15) is 0 Å². The van der Waals surface area contributed by atoms with Crippen molar-refractivity contribution in [1.29, 1.82) is 0 Å². The van der Waals surface area contributed by atoms with Gasteiger partial charge in [-0.1, -0.05) is 12.2 Å². The fraction of sp³-hybridized carbons (Fsp3) is 0.867. The lowest BCUT2D eigenvalue weighted by molar-refractivity contribution is -0.261. The van der Waals surface area contributed by atoms with E-state index in [1.165, 1.54) is 0 Å². The number of aliphatic hydroxyl groups is 2. The molecule has 5 heteroatoms. The van der Waals surface area contributed by atoms with Crippen LogP contribution in [0.2, 0.25) is 0 Å². The van der Waals surface area contributed by atoms with Crippen molar-refractivity contribution in [3.8, 4) is 0 Å². The average molecular weight is 298 g/mol. The van der Waals surface area contributed by atoms with Crippen LogP contribution in [0.15, 0.2) is 0 Å². The number of carbonyl (C=O) groups is 1. The molecular weight excluding hydrogens is 276 g/mol. The third kappa shape index (κ3) is 2.30. The van der Waals surface area contributed by atoms with E-state index in [9.17, 15) is 15.0 Å². The summed E-state index contributed by atoms with van der Waals surface area (Å²) in [7, 11) is 0. The van der Waals surface area contributed by atoms with Gasteiger partial charge in [0.2, 0.25) is 0 Å². The Morgan fingerprint density at radius 1 is 1.20 bits per heavy atom. The van der Waals surface area contributed by atoms with Gasteiger partial charge in [0, 0.05) is 24.1 Å². The zero-order valence-electron chi connectivity index (χ0n) is 12.0. The molecule has 0 aromatic rings. The Labute approximate surface area is 124 Å². The van der Waals surface area contributed by atoms with E-state index in [2.05, 4.69) is 0 Å². The average Bonchev–Trinajstić information content (AvgIpc) is 2.21. The van der Waals surface area contributed by atoms with E-state index in [-0.39, 0.29) is 11.9 Å². The normalized spacial score (nSPS) is 47.1. The van der Waals surface area contributed by atoms with Gasteiger partial charge in [-0.3, -0.25) is 4.79 Å². The molecule has 0 heterocycles. The molecule has 0 aromatic carbocycles. The number of hydrogen-bond donors (Lipinski definition) is 2. The minimum atomic E-state index is -0.871. The van der Waals surface area contributed by atoms with Crippen molar-refractivity contribution in [2.75, 3.05) is 0 Å². The maximum atomic E-state index is 12.2. The van der Waals surface area contributed by atoms with Gasteiger partial charge in [-0.25, -0.2) is 0 Å². The topological polar surface area (TPSA) is 66.8 Å². The van der Waals surface area contributed by atoms with Gasteiger partial charge in [-0.15, -0.1) is 0 Å². The van der Waals surface area contributed by atoms with E-state index in [4.69, 9.17) is 17.0 Å². The van der Waals surface area contributed by atoms with E-state index in [0.717, 1.165) is 19.3 Å². The van der Waals surface area contributed by atoms with Crippen molar-refractivity contribution in [1.82, 2.24) is 0 Å². The standard InChI is InChI=1S/C15H22O4S/c1-9(10(2)20)12(16)19-15-5-11-3-13(17,7-15)6-14(18,4-11)8-15/h9,11,17-18H,3-8H2,1-2H3. The molecule has 3 atom stereocenters. The maximum Gasteiger partial charge on any atom is 0.314 e. The highest BCUT2D eigenvalue weighted by Crippen LogP contribution is 2.60. The molecule has 4 aliphatic carbocycles. The molecule has 4 aliphatic rings. The first-order chi connectivity index (χ1) is 9.14. The van der Waals surface area contributed by atoms with Crippen molar-refractivity contribution in [3.63, 3.8) is 0 Å². The Bertz CT molecular complexity index is 456. The first kappa shape index (κ1) is 14.4. The smallest absolute Gasteiger partial charge is 0.314 e. The lowest BCUT2D eigenvalue weighted by Crippen LogP contribution is -2.67. The van der Waals surface area contributed by atoms with Crippen molar-refractivity contribution in [3.05, 3.63) is 0 Å². The summed E-state index contributed by atoms with van der Waals surface area (Å²) in [5.74, 6) is -0.494. The van der Waals surface area contributed by atoms with Crippen LogP contribution in [-0.2, 0) is 9.53 Å². The largest absolute Gasteiger partial charge is 0.458 e. The molecular formula is C15H22O4S. The quantitative estimate of drug-likeness (QED) is 0.614. The summed E-state index contributed by atoms with van der Waals surface area (Å²) < 4.78 is 5.76. The number of rotatable bonds is 3. The molecule has 4 bridgehead atoms. The molecule has 0 radical (unpaired) electrons. The molecule has 3 unspecified atom stereocenters. The number of esters is 1. The molecule has 0 spiro atoms. The van der Waals surface area contributed by atoms with Crippen LogP contribution in [0.5, 0.6) is 0 Å². The van der Waals surface area contributed by atoms with Crippen LogP contribution < -0.4 is 0 Å². The molecule has 0 aromatic heterocycles. The molecule has 20 heavy (non-hydrogen) atoms. The van der Waals surface area contributed by atoms with Crippen LogP contribution in [-0.4, -0.2) is 37.9 Å². The van der Waals surface area contributed by atoms with Gasteiger partial charge >= 0.3 is 5.97 Å². The van der Waals surface area contributed by atoms with Crippen LogP contribution in [0.25, 0.3) is 0 Å². The number of ether oxygens (including phenoxy) is 1. The summed E-state index contributed by atoms with van der Waals surface area (Å²) in [6.07, 6.45) is 3.51. The molecule has 4 rings (SSSR count). The highest BCUT2D eigenvalue weighted by molar-refractivity contribution is 7.80. The monoisotopic (exact) mass is 298 g/mol. The molecule has 2 N–H and O–H groups in total. The number of carbonyl (C=O) groups excluding carboxylic acids is 1. The van der Waals surface area contributed by atoms with Crippen LogP contribution in [0.1, 0.15) is 52.4 Å². The fourth-order valence-corrected chi connectivity index (χ4v) is 4.93. The van der Waals surface area contributed by atoms with E-state index >= 15 is 0 Å². The highest BCUT2D eigenvalue weighted by Gasteiger charge is 2.64. The molecule has 4 nitrogen and oxygen atoms in total. The Morgan fingerprint density at radius 3 is 2.20 bits per heavy atom. The minimum absolute atomic E-state index is 0.248. The Hall–Kier alpha value is -0.520. The fourth-order valence-electron chi connectivity index (χ4n) is 4.83. The molecule has 0 aliphatic heterocycles. The number of hydrogen-bond acceptors (Lipinski definition) is 5. The summed E-state index contributed by atoms with van der Waals surface area (Å²) >= 11 is 5.05. The van der Waals surface area contributed by atoms with Crippen LogP contribution >= 0.6 is 12.2 Å². The van der Waals surface area contributed by atoms with Gasteiger partial charge in [-0.05, 0) is 39.0 Å². The minimum Gasteiger partial charge on any atom is -0.458 e. The van der Waals surface area contributed by atoms with Crippen LogP contribution in [0.3, 0.4) is 0 Å². The molecule has 4 saturated carbocycles. The van der Waals surface area contributed by atoms with Gasteiger partial charge in [0.25, 0.3) is 0 Å². The van der Waals surface area contributed by atoms with Gasteiger partial charge < -0.3 is 14.9 Å². The number of thiocarbonyl (C=S) groups is 1. The van der Waals surface area contributed by atoms with Crippen molar-refractivity contribution < 1.29 is 19.7 Å². The Kier molecular flexibility index (Phi) is 3.06. The first-order valence-corrected chi connectivity index (χ1v) is 7.73. The van der Waals surface area contributed by atoms with Gasteiger partial charge in [0.1, 0.15) is 5.60 Å². The van der Waals surface area contributed by atoms with Crippen LogP contribution in [0.4, 0.5) is 0 Å². The summed E-state index contributed by atoms with van der Waals surface area (Å²) in [4.78, 5) is 12.8. The first-order valence-electron chi connectivity index (χ1n) is 7.33. The molecule has 0 saturated heterocycles. The summed E-state index contributed by atoms with van der Waals surface area (Å²) in [5.41, 5.74) is -2.44. The van der Waals surface area contributed by atoms with E-state index in [1.807, 2.05) is 0 Å². The lowest BCUT2D eigenvalue weighted by atomic mass is 9.50. The molecule has 112 valence electrons. The Balaban J connectivity index is 1.82. The second kappa shape index (κ2) is 4.24.